The van der Waals surface area contributed by atoms with Crippen LogP contribution >= 0.6 is 0 Å². The number of nitrogens with zero attached hydrogens (tertiary/aromatic N) is 3. The highest BCUT2D eigenvalue weighted by Crippen LogP contribution is 2.44. The highest BCUT2D eigenvalue weighted by Gasteiger charge is 2.28. The Morgan fingerprint density at radius 3 is 2.96 bits per heavy atom. The lowest BCUT2D eigenvalue weighted by Crippen LogP contribution is -2.46. The predicted octanol–water partition coefficient (Wildman–Crippen LogP) is 3.39. The molecule has 0 amide bonds. The van der Waals surface area contributed by atoms with E-state index in [4.69, 9.17) is 9.72 Å². The maximum absolute atomic E-state index is 14.2. The highest BCUT2D eigenvalue weighted by molar-refractivity contribution is 5.64. The molecule has 2 aliphatic rings. The molecule has 1 saturated carbocycles. The number of aromatic nitrogens is 3. The average molecular weight is 381 g/mol. The molecule has 5 rings (SSSR count). The third kappa shape index (κ3) is 3.20. The number of alkyl halides is 1. The van der Waals surface area contributed by atoms with Gasteiger partial charge in [-0.3, -0.25) is 4.40 Å². The molecule has 0 spiro atoms. The smallest absolute Gasteiger partial charge is 0.140 e. The lowest BCUT2D eigenvalue weighted by atomic mass is 10.1. The number of piperidine rings is 1. The monoisotopic (exact) mass is 381 g/mol. The van der Waals surface area contributed by atoms with E-state index in [2.05, 4.69) is 26.2 Å². The maximum atomic E-state index is 14.2. The van der Waals surface area contributed by atoms with Gasteiger partial charge in [-0.1, -0.05) is 6.07 Å². The molecule has 4 heterocycles. The summed E-state index contributed by atoms with van der Waals surface area (Å²) in [7, 11) is 1.70. The molecule has 146 valence electrons. The molecular formula is C21H24FN5O. The van der Waals surface area contributed by atoms with Gasteiger partial charge in [0, 0.05) is 24.4 Å². The first-order valence-corrected chi connectivity index (χ1v) is 9.86. The van der Waals surface area contributed by atoms with E-state index in [1.807, 2.05) is 30.5 Å². The molecule has 3 aromatic rings. The van der Waals surface area contributed by atoms with E-state index in [9.17, 15) is 4.39 Å². The molecule has 0 aromatic carbocycles. The molecule has 28 heavy (non-hydrogen) atoms. The van der Waals surface area contributed by atoms with Gasteiger partial charge in [-0.05, 0) is 43.9 Å². The normalized spacial score (nSPS) is 22.4. The van der Waals surface area contributed by atoms with Gasteiger partial charge >= 0.3 is 0 Å². The molecular weight excluding hydrogens is 357 g/mol. The molecule has 2 atom stereocenters. The average Bonchev–Trinajstić information content (AvgIpc) is 3.48. The van der Waals surface area contributed by atoms with Crippen LogP contribution in [0.4, 0.5) is 10.2 Å². The Morgan fingerprint density at radius 2 is 2.18 bits per heavy atom. The van der Waals surface area contributed by atoms with Gasteiger partial charge in [0.1, 0.15) is 23.4 Å². The van der Waals surface area contributed by atoms with Gasteiger partial charge in [-0.2, -0.15) is 0 Å². The van der Waals surface area contributed by atoms with Crippen molar-refractivity contribution in [3.05, 3.63) is 42.2 Å². The number of hydrogen-bond donors (Lipinski definition) is 2. The van der Waals surface area contributed by atoms with Crippen LogP contribution in [0.2, 0.25) is 0 Å². The minimum absolute atomic E-state index is 0.260. The summed E-state index contributed by atoms with van der Waals surface area (Å²) in [5, 5.41) is 6.47. The zero-order valence-corrected chi connectivity index (χ0v) is 15.9. The van der Waals surface area contributed by atoms with Crippen molar-refractivity contribution in [3.8, 4) is 17.1 Å². The van der Waals surface area contributed by atoms with Gasteiger partial charge in [0.25, 0.3) is 0 Å². The lowest BCUT2D eigenvalue weighted by molar-refractivity contribution is 0.241. The number of rotatable bonds is 5. The number of hydrogen-bond acceptors (Lipinski definition) is 5. The minimum Gasteiger partial charge on any atom is -0.496 e. The number of nitrogens with one attached hydrogen (secondary N) is 2. The Hall–Kier alpha value is -2.67. The van der Waals surface area contributed by atoms with Crippen molar-refractivity contribution < 1.29 is 9.13 Å². The first-order chi connectivity index (χ1) is 13.7. The highest BCUT2D eigenvalue weighted by atomic mass is 19.1. The number of anilines is 1. The Bertz CT molecular complexity index is 1000. The Kier molecular flexibility index (Phi) is 4.39. The summed E-state index contributed by atoms with van der Waals surface area (Å²) in [5.74, 6) is 2.14. The third-order valence-corrected chi connectivity index (χ3v) is 5.62. The summed E-state index contributed by atoms with van der Waals surface area (Å²) in [6, 6.07) is 7.51. The first kappa shape index (κ1) is 17.4. The second-order valence-electron chi connectivity index (χ2n) is 7.61. The van der Waals surface area contributed by atoms with Gasteiger partial charge in [-0.15, -0.1) is 0 Å². The fourth-order valence-corrected chi connectivity index (χ4v) is 3.90. The van der Waals surface area contributed by atoms with Gasteiger partial charge in [-0.25, -0.2) is 14.4 Å². The molecule has 0 radical (unpaired) electrons. The SMILES string of the molecule is COc1cc2ncc(-c3cccc(NC4CNCCC4F)n3)n2cc1C1CC1. The van der Waals surface area contributed by atoms with Crippen molar-refractivity contribution in [1.29, 1.82) is 0 Å². The van der Waals surface area contributed by atoms with Gasteiger partial charge in [0.05, 0.1) is 30.7 Å². The van der Waals surface area contributed by atoms with E-state index in [1.165, 1.54) is 18.4 Å². The van der Waals surface area contributed by atoms with Crippen LogP contribution in [0.3, 0.4) is 0 Å². The Labute approximate surface area is 163 Å². The maximum Gasteiger partial charge on any atom is 0.140 e. The number of pyridine rings is 2. The molecule has 1 aliphatic carbocycles. The van der Waals surface area contributed by atoms with E-state index in [-0.39, 0.29) is 6.04 Å². The fraction of sp³-hybridized carbons (Fsp3) is 0.429. The van der Waals surface area contributed by atoms with E-state index < -0.39 is 6.17 Å². The van der Waals surface area contributed by atoms with Crippen LogP contribution in [-0.4, -0.2) is 46.8 Å². The Balaban J connectivity index is 1.49. The van der Waals surface area contributed by atoms with Crippen molar-refractivity contribution in [1.82, 2.24) is 19.7 Å². The van der Waals surface area contributed by atoms with E-state index >= 15 is 0 Å². The van der Waals surface area contributed by atoms with Gasteiger partial charge in [0.15, 0.2) is 0 Å². The van der Waals surface area contributed by atoms with Crippen LogP contribution in [-0.2, 0) is 0 Å². The van der Waals surface area contributed by atoms with Crippen molar-refractivity contribution >= 4 is 11.5 Å². The molecule has 1 saturated heterocycles. The molecule has 7 heteroatoms. The van der Waals surface area contributed by atoms with E-state index in [0.717, 1.165) is 29.3 Å². The molecule has 1 aliphatic heterocycles. The molecule has 6 nitrogen and oxygen atoms in total. The fourth-order valence-electron chi connectivity index (χ4n) is 3.90. The van der Waals surface area contributed by atoms with Gasteiger partial charge in [0.2, 0.25) is 0 Å². The van der Waals surface area contributed by atoms with Crippen LogP contribution in [0.15, 0.2) is 36.7 Å². The second kappa shape index (κ2) is 7.05. The topological polar surface area (TPSA) is 63.5 Å². The van der Waals surface area contributed by atoms with Crippen molar-refractivity contribution in [3.63, 3.8) is 0 Å². The van der Waals surface area contributed by atoms with Crippen LogP contribution in [0.1, 0.15) is 30.7 Å². The van der Waals surface area contributed by atoms with E-state index in [1.54, 1.807) is 7.11 Å². The molecule has 0 bridgehead atoms. The van der Waals surface area contributed by atoms with Crippen molar-refractivity contribution in [2.45, 2.75) is 37.4 Å². The summed E-state index contributed by atoms with van der Waals surface area (Å²) >= 11 is 0. The Morgan fingerprint density at radius 1 is 1.29 bits per heavy atom. The zero-order chi connectivity index (χ0) is 19.1. The quantitative estimate of drug-likeness (QED) is 0.709. The largest absolute Gasteiger partial charge is 0.496 e. The van der Waals surface area contributed by atoms with E-state index in [0.29, 0.717) is 24.7 Å². The summed E-state index contributed by atoms with van der Waals surface area (Å²) in [5.41, 5.74) is 3.78. The van der Waals surface area contributed by atoms with Crippen molar-refractivity contribution in [2.24, 2.45) is 0 Å². The molecule has 2 unspecified atom stereocenters. The lowest BCUT2D eigenvalue weighted by Gasteiger charge is -2.28. The number of imidazole rings is 1. The molecule has 2 N–H and O–H groups in total. The van der Waals surface area contributed by atoms with Gasteiger partial charge < -0.3 is 15.4 Å². The van der Waals surface area contributed by atoms with Crippen molar-refractivity contribution in [2.75, 3.05) is 25.5 Å². The number of methoxy groups -OCH3 is 1. The van der Waals surface area contributed by atoms with Crippen LogP contribution in [0.25, 0.3) is 17.0 Å². The first-order valence-electron chi connectivity index (χ1n) is 9.86. The standard InChI is InChI=1S/C21H24FN5O/c1-28-19-9-21-24-11-18(27(21)12-14(19)13-5-6-13)16-3-2-4-20(25-16)26-17-10-23-8-7-15(17)22/h2-4,9,11-13,15,17,23H,5-8,10H2,1H3,(H,25,26). The third-order valence-electron chi connectivity index (χ3n) is 5.62. The zero-order valence-electron chi connectivity index (χ0n) is 15.9. The second-order valence-corrected chi connectivity index (χ2v) is 7.61. The summed E-state index contributed by atoms with van der Waals surface area (Å²) < 4.78 is 21.8. The number of ether oxygens (including phenoxy) is 1. The summed E-state index contributed by atoms with van der Waals surface area (Å²) in [6.45, 7) is 1.33. The van der Waals surface area contributed by atoms with Crippen LogP contribution < -0.4 is 15.4 Å². The minimum atomic E-state index is -0.865. The summed E-state index contributed by atoms with van der Waals surface area (Å²) in [4.78, 5) is 9.26. The molecule has 2 fully saturated rings. The summed E-state index contributed by atoms with van der Waals surface area (Å²) in [6.07, 6.45) is 6.01. The number of fused-ring (bicyclic) bond motifs is 1. The van der Waals surface area contributed by atoms with Crippen LogP contribution in [0, 0.1) is 0 Å². The predicted molar refractivity (Wildman–Crippen MR) is 107 cm³/mol. The van der Waals surface area contributed by atoms with Crippen LogP contribution in [0.5, 0.6) is 5.75 Å². The molecule has 3 aromatic heterocycles. The number of halogens is 1.